The summed E-state index contributed by atoms with van der Waals surface area (Å²) in [6.07, 6.45) is 0. The van der Waals surface area contributed by atoms with Gasteiger partial charge in [0.15, 0.2) is 0 Å². The van der Waals surface area contributed by atoms with Crippen LogP contribution in [0.25, 0.3) is 0 Å². The predicted molar refractivity (Wildman–Crippen MR) is 72.2 cm³/mol. The zero-order chi connectivity index (χ0) is 14.5. The molecule has 0 spiro atoms. The number of carbonyl (C=O) groups excluding carboxylic acids is 1. The van der Waals surface area contributed by atoms with Gasteiger partial charge in [-0.2, -0.15) is 8.78 Å². The molecule has 3 nitrogen and oxygen atoms in total. The highest BCUT2D eigenvalue weighted by atomic mass is 19.3. The van der Waals surface area contributed by atoms with Crippen LogP contribution in [0.1, 0.15) is 15.9 Å². The third kappa shape index (κ3) is 3.54. The molecule has 0 fully saturated rings. The van der Waals surface area contributed by atoms with E-state index in [1.54, 1.807) is 12.1 Å². The van der Waals surface area contributed by atoms with Crippen molar-refractivity contribution in [3.05, 3.63) is 59.7 Å². The van der Waals surface area contributed by atoms with Gasteiger partial charge in [0, 0.05) is 11.3 Å². The van der Waals surface area contributed by atoms with Gasteiger partial charge in [-0.15, -0.1) is 0 Å². The predicted octanol–water partition coefficient (Wildman–Crippen LogP) is 3.85. The molecule has 0 aliphatic rings. The topological polar surface area (TPSA) is 38.3 Å². The van der Waals surface area contributed by atoms with E-state index in [9.17, 15) is 13.6 Å². The molecule has 0 saturated carbocycles. The number of hydrogen-bond donors (Lipinski definition) is 1. The third-order valence-electron chi connectivity index (χ3n) is 2.73. The molecule has 2 rings (SSSR count). The summed E-state index contributed by atoms with van der Waals surface area (Å²) in [6, 6.07) is 13.0. The van der Waals surface area contributed by atoms with Crippen LogP contribution in [-0.2, 0) is 0 Å². The minimum atomic E-state index is -2.86. The summed E-state index contributed by atoms with van der Waals surface area (Å²) in [4.78, 5) is 12.0. The summed E-state index contributed by atoms with van der Waals surface area (Å²) in [7, 11) is 0. The van der Waals surface area contributed by atoms with Crippen LogP contribution in [0.5, 0.6) is 5.75 Å². The van der Waals surface area contributed by atoms with Gasteiger partial charge in [0.05, 0.1) is 0 Å². The molecule has 1 N–H and O–H groups in total. The Bertz CT molecular complexity index is 597. The zero-order valence-electron chi connectivity index (χ0n) is 10.8. The van der Waals surface area contributed by atoms with Gasteiger partial charge in [-0.05, 0) is 42.8 Å². The number of ether oxygens (including phenoxy) is 1. The lowest BCUT2D eigenvalue weighted by Crippen LogP contribution is -2.13. The number of halogens is 2. The minimum absolute atomic E-state index is 0.0499. The van der Waals surface area contributed by atoms with E-state index in [1.807, 2.05) is 19.1 Å². The average Bonchev–Trinajstić information content (AvgIpc) is 2.41. The summed E-state index contributed by atoms with van der Waals surface area (Å²) in [5, 5.41) is 2.70. The summed E-state index contributed by atoms with van der Waals surface area (Å²) in [5.41, 5.74) is 1.95. The molecule has 0 bridgehead atoms. The van der Waals surface area contributed by atoms with E-state index in [4.69, 9.17) is 0 Å². The second kappa shape index (κ2) is 6.14. The molecule has 0 radical (unpaired) electrons. The Balaban J connectivity index is 2.07. The number of alkyl halides is 2. The Morgan fingerprint density at radius 1 is 1.10 bits per heavy atom. The van der Waals surface area contributed by atoms with Crippen LogP contribution in [0.3, 0.4) is 0 Å². The first kappa shape index (κ1) is 14.0. The monoisotopic (exact) mass is 277 g/mol. The molecule has 104 valence electrons. The lowest BCUT2D eigenvalue weighted by atomic mass is 10.1. The van der Waals surface area contributed by atoms with Crippen LogP contribution in [0, 0.1) is 6.92 Å². The Labute approximate surface area is 115 Å². The summed E-state index contributed by atoms with van der Waals surface area (Å²) in [6.45, 7) is -1.02. The maximum Gasteiger partial charge on any atom is 0.387 e. The summed E-state index contributed by atoms with van der Waals surface area (Å²) in [5.74, 6) is -0.195. The average molecular weight is 277 g/mol. The van der Waals surface area contributed by atoms with Crippen molar-refractivity contribution in [3.8, 4) is 5.75 Å². The molecule has 0 aromatic heterocycles. The molecular weight excluding hydrogens is 264 g/mol. The first-order chi connectivity index (χ1) is 9.56. The minimum Gasteiger partial charge on any atom is -0.435 e. The fourth-order valence-electron chi connectivity index (χ4n) is 1.75. The number of aryl methyl sites for hydroxylation is 1. The fourth-order valence-corrected chi connectivity index (χ4v) is 1.75. The number of amides is 1. The van der Waals surface area contributed by atoms with Crippen molar-refractivity contribution < 1.29 is 18.3 Å². The second-order valence-electron chi connectivity index (χ2n) is 4.17. The highest BCUT2D eigenvalue weighted by Crippen LogP contribution is 2.18. The van der Waals surface area contributed by atoms with Crippen molar-refractivity contribution >= 4 is 11.6 Å². The normalized spacial score (nSPS) is 10.4. The van der Waals surface area contributed by atoms with E-state index in [0.717, 1.165) is 5.56 Å². The highest BCUT2D eigenvalue weighted by Gasteiger charge is 2.09. The van der Waals surface area contributed by atoms with Gasteiger partial charge in [0.2, 0.25) is 0 Å². The Morgan fingerprint density at radius 3 is 2.35 bits per heavy atom. The molecule has 0 unspecified atom stereocenters. The first-order valence-electron chi connectivity index (χ1n) is 5.98. The Kier molecular flexibility index (Phi) is 4.30. The third-order valence-corrected chi connectivity index (χ3v) is 2.73. The first-order valence-corrected chi connectivity index (χ1v) is 5.98. The lowest BCUT2D eigenvalue weighted by molar-refractivity contribution is -0.0498. The number of hydrogen-bond acceptors (Lipinski definition) is 2. The molecule has 0 aliphatic carbocycles. The number of carbonyl (C=O) groups is 1. The molecule has 0 heterocycles. The van der Waals surface area contributed by atoms with Gasteiger partial charge in [0.25, 0.3) is 5.91 Å². The quantitative estimate of drug-likeness (QED) is 0.921. The number of benzene rings is 2. The zero-order valence-corrected chi connectivity index (χ0v) is 10.8. The molecule has 20 heavy (non-hydrogen) atoms. The SMILES string of the molecule is Cc1ccccc1C(=O)Nc1ccc(OC(F)F)cc1. The van der Waals surface area contributed by atoms with Crippen LogP contribution in [0.4, 0.5) is 14.5 Å². The van der Waals surface area contributed by atoms with Gasteiger partial charge in [0.1, 0.15) is 5.75 Å². The van der Waals surface area contributed by atoms with Crippen LogP contribution >= 0.6 is 0 Å². The molecule has 2 aromatic rings. The molecule has 1 amide bonds. The smallest absolute Gasteiger partial charge is 0.387 e. The van der Waals surface area contributed by atoms with E-state index >= 15 is 0 Å². The van der Waals surface area contributed by atoms with E-state index in [2.05, 4.69) is 10.1 Å². The number of rotatable bonds is 4. The molecule has 0 saturated heterocycles. The van der Waals surface area contributed by atoms with Crippen molar-refractivity contribution in [2.24, 2.45) is 0 Å². The van der Waals surface area contributed by atoms with Crippen LogP contribution in [0.15, 0.2) is 48.5 Å². The van der Waals surface area contributed by atoms with Crippen molar-refractivity contribution in [3.63, 3.8) is 0 Å². The van der Waals surface area contributed by atoms with E-state index in [-0.39, 0.29) is 11.7 Å². The highest BCUT2D eigenvalue weighted by molar-refractivity contribution is 6.05. The van der Waals surface area contributed by atoms with E-state index < -0.39 is 6.61 Å². The van der Waals surface area contributed by atoms with Gasteiger partial charge >= 0.3 is 6.61 Å². The van der Waals surface area contributed by atoms with E-state index in [0.29, 0.717) is 11.3 Å². The van der Waals surface area contributed by atoms with Crippen molar-refractivity contribution in [2.75, 3.05) is 5.32 Å². The maximum absolute atomic E-state index is 12.0. The molecule has 5 heteroatoms. The number of anilines is 1. The van der Waals surface area contributed by atoms with Gasteiger partial charge in [-0.3, -0.25) is 4.79 Å². The molecule has 2 aromatic carbocycles. The van der Waals surface area contributed by atoms with Crippen LogP contribution in [0.2, 0.25) is 0 Å². The van der Waals surface area contributed by atoms with Crippen LogP contribution in [-0.4, -0.2) is 12.5 Å². The second-order valence-corrected chi connectivity index (χ2v) is 4.17. The van der Waals surface area contributed by atoms with E-state index in [1.165, 1.54) is 24.3 Å². The van der Waals surface area contributed by atoms with Crippen LogP contribution < -0.4 is 10.1 Å². The maximum atomic E-state index is 12.0. The molecule has 0 atom stereocenters. The van der Waals surface area contributed by atoms with Crippen molar-refractivity contribution in [2.45, 2.75) is 13.5 Å². The van der Waals surface area contributed by atoms with Crippen molar-refractivity contribution in [1.29, 1.82) is 0 Å². The number of nitrogens with one attached hydrogen (secondary N) is 1. The summed E-state index contributed by atoms with van der Waals surface area (Å²) < 4.78 is 28.2. The van der Waals surface area contributed by atoms with Gasteiger partial charge in [-0.1, -0.05) is 18.2 Å². The largest absolute Gasteiger partial charge is 0.435 e. The fraction of sp³-hybridized carbons (Fsp3) is 0.133. The lowest BCUT2D eigenvalue weighted by Gasteiger charge is -2.09. The molecule has 0 aliphatic heterocycles. The Morgan fingerprint density at radius 2 is 1.75 bits per heavy atom. The van der Waals surface area contributed by atoms with Crippen molar-refractivity contribution in [1.82, 2.24) is 0 Å². The standard InChI is InChI=1S/C15H13F2NO2/c1-10-4-2-3-5-13(10)14(19)18-11-6-8-12(9-7-11)20-15(16)17/h2-9,15H,1H3,(H,18,19). The summed E-state index contributed by atoms with van der Waals surface area (Å²) >= 11 is 0. The Hall–Kier alpha value is -2.43. The molecular formula is C15H13F2NO2. The van der Waals surface area contributed by atoms with Gasteiger partial charge in [-0.25, -0.2) is 0 Å². The van der Waals surface area contributed by atoms with Gasteiger partial charge < -0.3 is 10.1 Å².